The number of aliphatic hydroxyl groups is 1. The van der Waals surface area contributed by atoms with Crippen LogP contribution in [0, 0.1) is 12.8 Å². The van der Waals surface area contributed by atoms with Crippen molar-refractivity contribution in [1.82, 2.24) is 4.90 Å². The molecule has 2 rings (SSSR count). The van der Waals surface area contributed by atoms with Gasteiger partial charge in [0, 0.05) is 13.1 Å². The van der Waals surface area contributed by atoms with Gasteiger partial charge >= 0.3 is 0 Å². The number of benzene rings is 1. The fourth-order valence-corrected chi connectivity index (χ4v) is 2.80. The minimum atomic E-state index is -0.384. The second-order valence-corrected chi connectivity index (χ2v) is 6.16. The second-order valence-electron chi connectivity index (χ2n) is 6.16. The van der Waals surface area contributed by atoms with Crippen LogP contribution in [0.2, 0.25) is 0 Å². The standard InChI is InChI=1S/C17H27NO2/c1-14-5-7-16(8-6-14)12-20-13-17(19)11-18-9-3-4-15(2)10-18/h5-8,15,17,19H,3-4,9-13H2,1-2H3/t15-,17+/m0/s1. The van der Waals surface area contributed by atoms with Crippen molar-refractivity contribution < 1.29 is 9.84 Å². The molecule has 3 nitrogen and oxygen atoms in total. The molecule has 0 aromatic heterocycles. The number of hydrogen-bond acceptors (Lipinski definition) is 3. The van der Waals surface area contributed by atoms with E-state index in [2.05, 4.69) is 43.0 Å². The van der Waals surface area contributed by atoms with Crippen LogP contribution in [0.25, 0.3) is 0 Å². The Bertz CT molecular complexity index is 390. The molecule has 0 radical (unpaired) electrons. The molecule has 1 aliphatic heterocycles. The summed E-state index contributed by atoms with van der Waals surface area (Å²) in [7, 11) is 0. The molecule has 0 bridgehead atoms. The van der Waals surface area contributed by atoms with Crippen LogP contribution in [0.15, 0.2) is 24.3 Å². The van der Waals surface area contributed by atoms with E-state index in [9.17, 15) is 5.11 Å². The molecule has 0 amide bonds. The third-order valence-electron chi connectivity index (χ3n) is 3.91. The summed E-state index contributed by atoms with van der Waals surface area (Å²) in [5.41, 5.74) is 2.42. The molecular formula is C17H27NO2. The average molecular weight is 277 g/mol. The number of hydrogen-bond donors (Lipinski definition) is 1. The fraction of sp³-hybridized carbons (Fsp3) is 0.647. The van der Waals surface area contributed by atoms with E-state index < -0.39 is 0 Å². The predicted octanol–water partition coefficient (Wildman–Crippen LogP) is 2.60. The van der Waals surface area contributed by atoms with E-state index in [4.69, 9.17) is 4.74 Å². The minimum absolute atomic E-state index is 0.384. The van der Waals surface area contributed by atoms with Crippen LogP contribution in [0.3, 0.4) is 0 Å². The lowest BCUT2D eigenvalue weighted by Crippen LogP contribution is -2.40. The lowest BCUT2D eigenvalue weighted by molar-refractivity contribution is 0.00377. The minimum Gasteiger partial charge on any atom is -0.389 e. The van der Waals surface area contributed by atoms with Crippen LogP contribution in [-0.2, 0) is 11.3 Å². The maximum atomic E-state index is 10.0. The molecule has 1 fully saturated rings. The van der Waals surface area contributed by atoms with E-state index in [0.717, 1.165) is 31.1 Å². The molecule has 0 saturated carbocycles. The van der Waals surface area contributed by atoms with Crippen molar-refractivity contribution in [3.63, 3.8) is 0 Å². The number of nitrogens with zero attached hydrogens (tertiary/aromatic N) is 1. The molecule has 1 aromatic carbocycles. The first-order valence-corrected chi connectivity index (χ1v) is 7.67. The normalized spacial score (nSPS) is 21.9. The first-order valence-electron chi connectivity index (χ1n) is 7.67. The summed E-state index contributed by atoms with van der Waals surface area (Å²) in [5.74, 6) is 0.754. The smallest absolute Gasteiger partial charge is 0.0900 e. The SMILES string of the molecule is Cc1ccc(COC[C@H](O)CN2CCC[C@H](C)C2)cc1. The Hall–Kier alpha value is -0.900. The Balaban J connectivity index is 1.64. The Morgan fingerprint density at radius 1 is 1.35 bits per heavy atom. The Morgan fingerprint density at radius 3 is 2.80 bits per heavy atom. The van der Waals surface area contributed by atoms with Gasteiger partial charge in [-0.15, -0.1) is 0 Å². The van der Waals surface area contributed by atoms with Crippen molar-refractivity contribution in [3.8, 4) is 0 Å². The predicted molar refractivity (Wildman–Crippen MR) is 81.7 cm³/mol. The van der Waals surface area contributed by atoms with Crippen LogP contribution in [0.5, 0.6) is 0 Å². The van der Waals surface area contributed by atoms with Crippen molar-refractivity contribution in [2.45, 2.75) is 39.4 Å². The molecule has 1 heterocycles. The molecule has 0 spiro atoms. The Morgan fingerprint density at radius 2 is 2.10 bits per heavy atom. The van der Waals surface area contributed by atoms with Gasteiger partial charge in [0.2, 0.25) is 0 Å². The highest BCUT2D eigenvalue weighted by atomic mass is 16.5. The van der Waals surface area contributed by atoms with Crippen LogP contribution in [0.4, 0.5) is 0 Å². The number of β-amino-alcohol motifs (C(OH)–C–C–N with tert-alkyl or cyclic N) is 1. The second kappa shape index (κ2) is 7.77. The summed E-state index contributed by atoms with van der Waals surface area (Å²) in [6.45, 7) is 8.31. The molecule has 0 unspecified atom stereocenters. The zero-order chi connectivity index (χ0) is 14.4. The lowest BCUT2D eigenvalue weighted by atomic mass is 10.0. The highest BCUT2D eigenvalue weighted by molar-refractivity contribution is 5.20. The maximum Gasteiger partial charge on any atom is 0.0900 e. The Labute approximate surface area is 122 Å². The van der Waals surface area contributed by atoms with Gasteiger partial charge < -0.3 is 14.7 Å². The van der Waals surface area contributed by atoms with E-state index in [0.29, 0.717) is 13.2 Å². The van der Waals surface area contributed by atoms with Gasteiger partial charge in [-0.1, -0.05) is 36.8 Å². The largest absolute Gasteiger partial charge is 0.389 e. The molecule has 1 aliphatic rings. The number of rotatable bonds is 6. The van der Waals surface area contributed by atoms with Crippen LogP contribution < -0.4 is 0 Å². The summed E-state index contributed by atoms with van der Waals surface area (Å²) in [6.07, 6.45) is 2.18. The van der Waals surface area contributed by atoms with Crippen LogP contribution in [-0.4, -0.2) is 42.4 Å². The molecule has 1 N–H and O–H groups in total. The molecular weight excluding hydrogens is 250 g/mol. The average Bonchev–Trinajstić information content (AvgIpc) is 2.41. The number of ether oxygens (including phenoxy) is 1. The first kappa shape index (κ1) is 15.5. The van der Waals surface area contributed by atoms with Crippen molar-refractivity contribution in [2.24, 2.45) is 5.92 Å². The molecule has 112 valence electrons. The number of aryl methyl sites for hydroxylation is 1. The zero-order valence-corrected chi connectivity index (χ0v) is 12.7. The summed E-state index contributed by atoms with van der Waals surface area (Å²) >= 11 is 0. The zero-order valence-electron chi connectivity index (χ0n) is 12.7. The number of aliphatic hydroxyl groups excluding tert-OH is 1. The monoisotopic (exact) mass is 277 g/mol. The van der Waals surface area contributed by atoms with Crippen molar-refractivity contribution in [1.29, 1.82) is 0 Å². The quantitative estimate of drug-likeness (QED) is 0.867. The van der Waals surface area contributed by atoms with E-state index in [1.807, 2.05) is 0 Å². The van der Waals surface area contributed by atoms with Gasteiger partial charge in [0.1, 0.15) is 0 Å². The third kappa shape index (κ3) is 5.23. The van der Waals surface area contributed by atoms with Crippen molar-refractivity contribution in [3.05, 3.63) is 35.4 Å². The van der Waals surface area contributed by atoms with Gasteiger partial charge in [-0.2, -0.15) is 0 Å². The highest BCUT2D eigenvalue weighted by Crippen LogP contribution is 2.15. The number of piperidine rings is 1. The highest BCUT2D eigenvalue weighted by Gasteiger charge is 2.18. The van der Waals surface area contributed by atoms with Crippen molar-refractivity contribution in [2.75, 3.05) is 26.2 Å². The van der Waals surface area contributed by atoms with Gasteiger partial charge in [0.25, 0.3) is 0 Å². The van der Waals surface area contributed by atoms with E-state index in [1.54, 1.807) is 0 Å². The van der Waals surface area contributed by atoms with E-state index in [1.165, 1.54) is 18.4 Å². The van der Waals surface area contributed by atoms with E-state index in [-0.39, 0.29) is 6.10 Å². The topological polar surface area (TPSA) is 32.7 Å². The summed E-state index contributed by atoms with van der Waals surface area (Å²) in [6, 6.07) is 8.33. The maximum absolute atomic E-state index is 10.0. The fourth-order valence-electron chi connectivity index (χ4n) is 2.80. The summed E-state index contributed by atoms with van der Waals surface area (Å²) < 4.78 is 5.61. The van der Waals surface area contributed by atoms with Gasteiger partial charge in [-0.25, -0.2) is 0 Å². The molecule has 0 aliphatic carbocycles. The van der Waals surface area contributed by atoms with Gasteiger partial charge in [0.05, 0.1) is 19.3 Å². The molecule has 3 heteroatoms. The van der Waals surface area contributed by atoms with Crippen molar-refractivity contribution >= 4 is 0 Å². The third-order valence-corrected chi connectivity index (χ3v) is 3.91. The van der Waals surface area contributed by atoms with Crippen LogP contribution in [0.1, 0.15) is 30.9 Å². The lowest BCUT2D eigenvalue weighted by Gasteiger charge is -2.32. The first-order chi connectivity index (χ1) is 9.63. The molecule has 20 heavy (non-hydrogen) atoms. The summed E-state index contributed by atoms with van der Waals surface area (Å²) in [4.78, 5) is 2.36. The Kier molecular flexibility index (Phi) is 6.02. The molecule has 1 saturated heterocycles. The molecule has 2 atom stereocenters. The molecule has 1 aromatic rings. The van der Waals surface area contributed by atoms with E-state index >= 15 is 0 Å². The van der Waals surface area contributed by atoms with Gasteiger partial charge in [-0.3, -0.25) is 0 Å². The number of likely N-dealkylation sites (tertiary alicyclic amines) is 1. The van der Waals surface area contributed by atoms with Crippen LogP contribution >= 0.6 is 0 Å². The van der Waals surface area contributed by atoms with Gasteiger partial charge in [0.15, 0.2) is 0 Å². The summed E-state index contributed by atoms with van der Waals surface area (Å²) in [5, 5.41) is 10.0. The van der Waals surface area contributed by atoms with Gasteiger partial charge in [-0.05, 0) is 37.8 Å².